The molecule has 1 aromatic heterocycles. The second-order valence-electron chi connectivity index (χ2n) is 12.2. The van der Waals surface area contributed by atoms with E-state index in [1.54, 1.807) is 0 Å². The SMILES string of the molecule is Cc1cccc(-c2cccc(N3CCC(C(=O)OC(C)(C)C)CC3)n2)c1OCc1ccc2c(c1C)CCNCC2. The molecule has 40 heavy (non-hydrogen) atoms. The number of ether oxygens (including phenoxy) is 2. The van der Waals surface area contributed by atoms with E-state index in [2.05, 4.69) is 72.6 Å². The molecule has 0 atom stereocenters. The van der Waals surface area contributed by atoms with Crippen molar-refractivity contribution in [3.8, 4) is 17.0 Å². The van der Waals surface area contributed by atoms with Gasteiger partial charge in [-0.05, 0) is 119 Å². The number of para-hydroxylation sites is 1. The van der Waals surface area contributed by atoms with Crippen molar-refractivity contribution in [1.29, 1.82) is 0 Å². The molecular formula is C34H43N3O3. The predicted molar refractivity (Wildman–Crippen MR) is 161 cm³/mol. The van der Waals surface area contributed by atoms with E-state index < -0.39 is 5.60 Å². The van der Waals surface area contributed by atoms with Crippen LogP contribution in [0.15, 0.2) is 48.5 Å². The number of hydrogen-bond acceptors (Lipinski definition) is 6. The third-order valence-electron chi connectivity index (χ3n) is 8.08. The Morgan fingerprint density at radius 3 is 2.52 bits per heavy atom. The van der Waals surface area contributed by atoms with E-state index in [4.69, 9.17) is 14.5 Å². The Bertz CT molecular complexity index is 1350. The molecule has 2 aromatic carbocycles. The van der Waals surface area contributed by atoms with Crippen molar-refractivity contribution in [3.63, 3.8) is 0 Å². The van der Waals surface area contributed by atoms with Crippen molar-refractivity contribution in [3.05, 3.63) is 76.3 Å². The first-order valence-corrected chi connectivity index (χ1v) is 14.7. The highest BCUT2D eigenvalue weighted by molar-refractivity contribution is 5.73. The lowest BCUT2D eigenvalue weighted by molar-refractivity contribution is -0.160. The first-order valence-electron chi connectivity index (χ1n) is 14.7. The number of pyridine rings is 1. The van der Waals surface area contributed by atoms with Crippen molar-refractivity contribution in [1.82, 2.24) is 10.3 Å². The van der Waals surface area contributed by atoms with E-state index in [9.17, 15) is 4.79 Å². The smallest absolute Gasteiger partial charge is 0.309 e. The predicted octanol–water partition coefficient (Wildman–Crippen LogP) is 6.19. The van der Waals surface area contributed by atoms with Crippen LogP contribution in [0.2, 0.25) is 0 Å². The van der Waals surface area contributed by atoms with Gasteiger partial charge in [-0.1, -0.05) is 30.3 Å². The number of nitrogens with zero attached hydrogens (tertiary/aromatic N) is 2. The summed E-state index contributed by atoms with van der Waals surface area (Å²) < 4.78 is 12.2. The monoisotopic (exact) mass is 541 g/mol. The number of aryl methyl sites for hydroxylation is 1. The molecule has 0 amide bonds. The van der Waals surface area contributed by atoms with Crippen molar-refractivity contribution in [2.45, 2.75) is 72.5 Å². The number of carbonyl (C=O) groups is 1. The van der Waals surface area contributed by atoms with Gasteiger partial charge in [-0.2, -0.15) is 0 Å². The largest absolute Gasteiger partial charge is 0.488 e. The zero-order valence-electron chi connectivity index (χ0n) is 24.7. The van der Waals surface area contributed by atoms with Gasteiger partial charge in [-0.25, -0.2) is 4.98 Å². The summed E-state index contributed by atoms with van der Waals surface area (Å²) in [5, 5.41) is 3.51. The summed E-state index contributed by atoms with van der Waals surface area (Å²) in [6, 6.07) is 17.0. The Hall–Kier alpha value is -3.38. The summed E-state index contributed by atoms with van der Waals surface area (Å²) in [4.78, 5) is 19.9. The Morgan fingerprint density at radius 2 is 1.75 bits per heavy atom. The Balaban J connectivity index is 1.31. The molecule has 6 heteroatoms. The molecular weight excluding hydrogens is 498 g/mol. The van der Waals surface area contributed by atoms with Crippen LogP contribution in [0, 0.1) is 19.8 Å². The Labute approximate surface area is 239 Å². The number of piperidine rings is 1. The van der Waals surface area contributed by atoms with Gasteiger partial charge in [-0.15, -0.1) is 0 Å². The number of fused-ring (bicyclic) bond motifs is 1. The van der Waals surface area contributed by atoms with Crippen LogP contribution in [-0.2, 0) is 29.0 Å². The zero-order chi connectivity index (χ0) is 28.3. The molecule has 3 aromatic rings. The zero-order valence-corrected chi connectivity index (χ0v) is 24.7. The number of rotatable bonds is 6. The average molecular weight is 542 g/mol. The fourth-order valence-electron chi connectivity index (χ4n) is 5.84. The van der Waals surface area contributed by atoms with Gasteiger partial charge in [-0.3, -0.25) is 4.79 Å². The second-order valence-corrected chi connectivity index (χ2v) is 12.2. The van der Waals surface area contributed by atoms with E-state index in [-0.39, 0.29) is 11.9 Å². The maximum Gasteiger partial charge on any atom is 0.309 e. The quantitative estimate of drug-likeness (QED) is 0.376. The lowest BCUT2D eigenvalue weighted by atomic mass is 9.94. The normalized spacial score (nSPS) is 16.3. The highest BCUT2D eigenvalue weighted by Gasteiger charge is 2.29. The first-order chi connectivity index (χ1) is 19.2. The fourth-order valence-corrected chi connectivity index (χ4v) is 5.84. The van der Waals surface area contributed by atoms with Crippen molar-refractivity contribution >= 4 is 11.8 Å². The van der Waals surface area contributed by atoms with Crippen LogP contribution in [-0.4, -0.2) is 42.7 Å². The van der Waals surface area contributed by atoms with Gasteiger partial charge in [0.05, 0.1) is 11.6 Å². The number of aromatic nitrogens is 1. The number of benzene rings is 2. The molecule has 212 valence electrons. The molecule has 5 rings (SSSR count). The van der Waals surface area contributed by atoms with Gasteiger partial charge in [0.25, 0.3) is 0 Å². The van der Waals surface area contributed by atoms with Gasteiger partial charge >= 0.3 is 5.97 Å². The molecule has 0 radical (unpaired) electrons. The van der Waals surface area contributed by atoms with Crippen LogP contribution < -0.4 is 15.0 Å². The minimum absolute atomic E-state index is 0.0527. The lowest BCUT2D eigenvalue weighted by Crippen LogP contribution is -2.39. The molecule has 0 saturated carbocycles. The van der Waals surface area contributed by atoms with Crippen LogP contribution in [0.25, 0.3) is 11.3 Å². The minimum atomic E-state index is -0.451. The summed E-state index contributed by atoms with van der Waals surface area (Å²) in [5.74, 6) is 1.68. The van der Waals surface area contributed by atoms with E-state index >= 15 is 0 Å². The standard InChI is InChI=1S/C34H43N3O3/c1-23-8-6-9-29(32(23)39-22-27-13-12-25-14-18-35-19-15-28(25)24(27)2)30-10-7-11-31(36-30)37-20-16-26(17-21-37)33(38)40-34(3,4)5/h6-13,26,35H,14-22H2,1-5H3. The molecule has 6 nitrogen and oxygen atoms in total. The van der Waals surface area contributed by atoms with Gasteiger partial charge < -0.3 is 19.7 Å². The Morgan fingerprint density at radius 1 is 1.00 bits per heavy atom. The minimum Gasteiger partial charge on any atom is -0.488 e. The summed E-state index contributed by atoms with van der Waals surface area (Å²) in [7, 11) is 0. The van der Waals surface area contributed by atoms with E-state index in [1.807, 2.05) is 20.8 Å². The van der Waals surface area contributed by atoms with Gasteiger partial charge in [0.1, 0.15) is 23.8 Å². The number of hydrogen-bond donors (Lipinski definition) is 1. The average Bonchev–Trinajstić information content (AvgIpc) is 3.19. The fraction of sp³-hybridized carbons (Fsp3) is 0.471. The molecule has 0 bridgehead atoms. The Kier molecular flexibility index (Phi) is 8.46. The number of nitrogens with one attached hydrogen (secondary N) is 1. The van der Waals surface area contributed by atoms with Gasteiger partial charge in [0.2, 0.25) is 0 Å². The number of esters is 1. The molecule has 0 unspecified atom stereocenters. The van der Waals surface area contributed by atoms with Crippen molar-refractivity contribution in [2.24, 2.45) is 5.92 Å². The van der Waals surface area contributed by atoms with Crippen LogP contribution in [0.3, 0.4) is 0 Å². The number of carbonyl (C=O) groups excluding carboxylic acids is 1. The highest BCUT2D eigenvalue weighted by Crippen LogP contribution is 2.35. The van der Waals surface area contributed by atoms with Crippen LogP contribution in [0.5, 0.6) is 5.75 Å². The summed E-state index contributed by atoms with van der Waals surface area (Å²) in [6.07, 6.45) is 3.70. The van der Waals surface area contributed by atoms with Crippen molar-refractivity contribution < 1.29 is 14.3 Å². The van der Waals surface area contributed by atoms with Crippen LogP contribution in [0.1, 0.15) is 61.4 Å². The summed E-state index contributed by atoms with van der Waals surface area (Å²) in [5.41, 5.74) is 8.07. The molecule has 0 aliphatic carbocycles. The molecule has 1 N–H and O–H groups in total. The molecule has 1 saturated heterocycles. The third kappa shape index (κ3) is 6.49. The van der Waals surface area contributed by atoms with E-state index in [0.29, 0.717) is 6.61 Å². The topological polar surface area (TPSA) is 63.7 Å². The van der Waals surface area contributed by atoms with Crippen LogP contribution >= 0.6 is 0 Å². The lowest BCUT2D eigenvalue weighted by Gasteiger charge is -2.33. The molecule has 2 aliphatic heterocycles. The van der Waals surface area contributed by atoms with E-state index in [0.717, 1.165) is 80.3 Å². The highest BCUT2D eigenvalue weighted by atomic mass is 16.6. The third-order valence-corrected chi connectivity index (χ3v) is 8.08. The summed E-state index contributed by atoms with van der Waals surface area (Å²) >= 11 is 0. The molecule has 3 heterocycles. The van der Waals surface area contributed by atoms with Crippen molar-refractivity contribution in [2.75, 3.05) is 31.1 Å². The molecule has 2 aliphatic rings. The maximum absolute atomic E-state index is 12.6. The maximum atomic E-state index is 12.6. The second kappa shape index (κ2) is 12.0. The summed E-state index contributed by atoms with van der Waals surface area (Å²) in [6.45, 7) is 14.3. The molecule has 1 fully saturated rings. The van der Waals surface area contributed by atoms with Crippen LogP contribution in [0.4, 0.5) is 5.82 Å². The first kappa shape index (κ1) is 28.2. The van der Waals surface area contributed by atoms with E-state index in [1.165, 1.54) is 22.3 Å². The van der Waals surface area contributed by atoms with Gasteiger partial charge in [0.15, 0.2) is 0 Å². The van der Waals surface area contributed by atoms with Gasteiger partial charge in [0, 0.05) is 18.7 Å². The number of anilines is 1. The molecule has 0 spiro atoms.